The third kappa shape index (κ3) is 3.66. The second-order valence-electron chi connectivity index (χ2n) is 7.74. The molecule has 1 fully saturated rings. The van der Waals surface area contributed by atoms with E-state index < -0.39 is 23.2 Å². The Morgan fingerprint density at radius 3 is 2.68 bits per heavy atom. The quantitative estimate of drug-likeness (QED) is 0.485. The average Bonchev–Trinajstić information content (AvgIpc) is 3.45. The molecule has 3 heterocycles. The number of aromatic nitrogens is 4. The van der Waals surface area contributed by atoms with E-state index in [1.165, 1.54) is 53.5 Å². The topological polar surface area (TPSA) is 111 Å². The van der Waals surface area contributed by atoms with Crippen molar-refractivity contribution in [3.63, 3.8) is 0 Å². The molecule has 1 saturated heterocycles. The molecular weight excluding hydrogens is 443 g/mol. The van der Waals surface area contributed by atoms with Gasteiger partial charge in [0.25, 0.3) is 5.56 Å². The molecular formula is C23H19FN6O4. The number of amides is 2. The zero-order valence-electron chi connectivity index (χ0n) is 18.0. The average molecular weight is 462 g/mol. The monoisotopic (exact) mass is 462 g/mol. The van der Waals surface area contributed by atoms with Crippen LogP contribution in [0.2, 0.25) is 0 Å². The van der Waals surface area contributed by atoms with Gasteiger partial charge in [0.1, 0.15) is 23.3 Å². The molecule has 1 aliphatic rings. The van der Waals surface area contributed by atoms with Gasteiger partial charge in [-0.15, -0.1) is 0 Å². The number of ether oxygens (including phenoxy) is 1. The molecule has 2 aromatic carbocycles. The van der Waals surface area contributed by atoms with E-state index in [1.54, 1.807) is 24.3 Å². The van der Waals surface area contributed by atoms with Crippen LogP contribution < -0.4 is 20.6 Å². The number of hydrogen-bond donors (Lipinski definition) is 1. The number of anilines is 1. The van der Waals surface area contributed by atoms with Gasteiger partial charge in [-0.05, 0) is 36.4 Å². The van der Waals surface area contributed by atoms with E-state index in [1.807, 2.05) is 0 Å². The van der Waals surface area contributed by atoms with Crippen molar-refractivity contribution < 1.29 is 18.7 Å². The number of methoxy groups -OCH3 is 1. The normalized spacial score (nSPS) is 15.6. The van der Waals surface area contributed by atoms with Gasteiger partial charge in [-0.1, -0.05) is 12.1 Å². The number of nitrogens with one attached hydrogen (secondary N) is 1. The molecule has 34 heavy (non-hydrogen) atoms. The fourth-order valence-electron chi connectivity index (χ4n) is 3.94. The van der Waals surface area contributed by atoms with Crippen molar-refractivity contribution in [2.24, 2.45) is 5.92 Å². The Hall–Kier alpha value is -4.54. The first-order chi connectivity index (χ1) is 16.5. The van der Waals surface area contributed by atoms with Crippen LogP contribution in [-0.2, 0) is 9.59 Å². The van der Waals surface area contributed by atoms with E-state index in [4.69, 9.17) is 4.74 Å². The van der Waals surface area contributed by atoms with Crippen molar-refractivity contribution in [3.05, 3.63) is 77.2 Å². The predicted molar refractivity (Wildman–Crippen MR) is 121 cm³/mol. The SMILES string of the molecule is COc1ccccc1N1CC(C(=O)Nn2cnc3c(cnn3-c3ccc(F)cc3)c2=O)CC1=O. The Balaban J connectivity index is 1.37. The maximum Gasteiger partial charge on any atom is 0.283 e. The third-order valence-electron chi connectivity index (χ3n) is 5.66. The van der Waals surface area contributed by atoms with Crippen LogP contribution in [0.15, 0.2) is 65.8 Å². The van der Waals surface area contributed by atoms with Gasteiger partial charge in [0.15, 0.2) is 5.65 Å². The highest BCUT2D eigenvalue weighted by molar-refractivity contribution is 6.02. The van der Waals surface area contributed by atoms with Crippen LogP contribution in [0.3, 0.4) is 0 Å². The molecule has 1 aliphatic heterocycles. The van der Waals surface area contributed by atoms with Crippen molar-refractivity contribution >= 4 is 28.5 Å². The molecule has 0 saturated carbocycles. The summed E-state index contributed by atoms with van der Waals surface area (Å²) in [5, 5.41) is 4.34. The van der Waals surface area contributed by atoms with Crippen molar-refractivity contribution in [2.45, 2.75) is 6.42 Å². The summed E-state index contributed by atoms with van der Waals surface area (Å²) in [7, 11) is 1.51. The van der Waals surface area contributed by atoms with E-state index in [2.05, 4.69) is 15.5 Å². The molecule has 4 aromatic rings. The molecule has 0 aliphatic carbocycles. The summed E-state index contributed by atoms with van der Waals surface area (Å²) < 4.78 is 20.9. The Morgan fingerprint density at radius 1 is 1.15 bits per heavy atom. The first-order valence-corrected chi connectivity index (χ1v) is 10.4. The van der Waals surface area contributed by atoms with E-state index in [-0.39, 0.29) is 29.9 Å². The van der Waals surface area contributed by atoms with Gasteiger partial charge < -0.3 is 9.64 Å². The first kappa shape index (κ1) is 21.3. The minimum atomic E-state index is -0.665. The van der Waals surface area contributed by atoms with Crippen LogP contribution in [0.25, 0.3) is 16.7 Å². The number of carbonyl (C=O) groups is 2. The van der Waals surface area contributed by atoms with Gasteiger partial charge in [0, 0.05) is 13.0 Å². The molecule has 0 radical (unpaired) electrons. The fraction of sp³-hybridized carbons (Fsp3) is 0.174. The highest BCUT2D eigenvalue weighted by atomic mass is 19.1. The zero-order valence-corrected chi connectivity index (χ0v) is 18.0. The second kappa shape index (κ2) is 8.43. The number of para-hydroxylation sites is 2. The van der Waals surface area contributed by atoms with Crippen LogP contribution in [-0.4, -0.2) is 44.9 Å². The number of fused-ring (bicyclic) bond motifs is 1. The van der Waals surface area contributed by atoms with Crippen LogP contribution >= 0.6 is 0 Å². The highest BCUT2D eigenvalue weighted by Crippen LogP contribution is 2.32. The predicted octanol–water partition coefficient (Wildman–Crippen LogP) is 1.85. The van der Waals surface area contributed by atoms with E-state index in [0.29, 0.717) is 17.1 Å². The maximum atomic E-state index is 13.2. The number of benzene rings is 2. The fourth-order valence-corrected chi connectivity index (χ4v) is 3.94. The first-order valence-electron chi connectivity index (χ1n) is 10.4. The van der Waals surface area contributed by atoms with Crippen molar-refractivity contribution in [1.29, 1.82) is 0 Å². The Kier molecular flexibility index (Phi) is 5.28. The second-order valence-corrected chi connectivity index (χ2v) is 7.74. The molecule has 1 N–H and O–H groups in total. The summed E-state index contributed by atoms with van der Waals surface area (Å²) in [4.78, 5) is 44.1. The smallest absolute Gasteiger partial charge is 0.283 e. The summed E-state index contributed by atoms with van der Waals surface area (Å²) in [6, 6.07) is 12.7. The Labute approximate surface area is 192 Å². The molecule has 10 nitrogen and oxygen atoms in total. The lowest BCUT2D eigenvalue weighted by Gasteiger charge is -2.19. The summed E-state index contributed by atoms with van der Waals surface area (Å²) in [6.07, 6.45) is 2.51. The Morgan fingerprint density at radius 2 is 1.91 bits per heavy atom. The van der Waals surface area contributed by atoms with Crippen LogP contribution in [0.4, 0.5) is 10.1 Å². The molecule has 172 valence electrons. The Bertz CT molecular complexity index is 1460. The van der Waals surface area contributed by atoms with E-state index in [9.17, 15) is 18.8 Å². The number of halogens is 1. The van der Waals surface area contributed by atoms with Crippen LogP contribution in [0.5, 0.6) is 5.75 Å². The zero-order chi connectivity index (χ0) is 23.8. The molecule has 1 atom stereocenters. The lowest BCUT2D eigenvalue weighted by Crippen LogP contribution is -2.37. The minimum absolute atomic E-state index is 0.00317. The molecule has 1 unspecified atom stereocenters. The largest absolute Gasteiger partial charge is 0.495 e. The number of nitrogens with zero attached hydrogens (tertiary/aromatic N) is 5. The summed E-state index contributed by atoms with van der Waals surface area (Å²) in [5.74, 6) is -1.23. The minimum Gasteiger partial charge on any atom is -0.495 e. The highest BCUT2D eigenvalue weighted by Gasteiger charge is 2.36. The van der Waals surface area contributed by atoms with Gasteiger partial charge in [0.2, 0.25) is 11.8 Å². The lowest BCUT2D eigenvalue weighted by molar-refractivity contribution is -0.123. The van der Waals surface area contributed by atoms with Gasteiger partial charge in [-0.25, -0.2) is 18.7 Å². The van der Waals surface area contributed by atoms with Crippen LogP contribution in [0.1, 0.15) is 6.42 Å². The third-order valence-corrected chi connectivity index (χ3v) is 5.66. The maximum absolute atomic E-state index is 13.2. The van der Waals surface area contributed by atoms with Gasteiger partial charge in [-0.3, -0.25) is 19.8 Å². The molecule has 0 spiro atoms. The summed E-state index contributed by atoms with van der Waals surface area (Å²) >= 11 is 0. The van der Waals surface area contributed by atoms with E-state index >= 15 is 0 Å². The molecule has 5 rings (SSSR count). The number of rotatable bonds is 5. The van der Waals surface area contributed by atoms with Gasteiger partial charge >= 0.3 is 0 Å². The molecule has 2 amide bonds. The molecule has 0 bridgehead atoms. The van der Waals surface area contributed by atoms with Crippen LogP contribution in [0, 0.1) is 11.7 Å². The van der Waals surface area contributed by atoms with Gasteiger partial charge in [0.05, 0.1) is 30.6 Å². The number of carbonyl (C=O) groups excluding carboxylic acids is 2. The molecule has 2 aromatic heterocycles. The molecule has 11 heteroatoms. The van der Waals surface area contributed by atoms with Gasteiger partial charge in [-0.2, -0.15) is 5.10 Å². The standard InChI is InChI=1S/C23H19FN6O4/c1-34-19-5-3-2-4-18(19)28-12-14(10-20(28)31)22(32)27-29-13-25-21-17(23(29)33)11-26-30(21)16-8-6-15(24)7-9-16/h2-9,11,13-14H,10,12H2,1H3,(H,27,32). The van der Waals surface area contributed by atoms with Crippen molar-refractivity contribution in [1.82, 2.24) is 19.4 Å². The summed E-state index contributed by atoms with van der Waals surface area (Å²) in [6.45, 7) is 0.151. The number of hydrogen-bond acceptors (Lipinski definition) is 6. The lowest BCUT2D eigenvalue weighted by atomic mass is 10.1. The van der Waals surface area contributed by atoms with E-state index in [0.717, 1.165) is 4.68 Å². The summed E-state index contributed by atoms with van der Waals surface area (Å²) in [5.41, 5.74) is 3.38. The van der Waals surface area contributed by atoms with Crippen molar-refractivity contribution in [3.8, 4) is 11.4 Å². The van der Waals surface area contributed by atoms with Crippen molar-refractivity contribution in [2.75, 3.05) is 24.0 Å².